The Kier molecular flexibility index (Phi) is 38.1. The molecule has 0 radical (unpaired) electrons. The molecular formula is C6H20N2O2. The van der Waals surface area contributed by atoms with Crippen LogP contribution in [0.15, 0.2) is 0 Å². The lowest BCUT2D eigenvalue weighted by molar-refractivity contribution is 0.296. The average molecular weight is 152 g/mol. The van der Waals surface area contributed by atoms with Crippen LogP contribution < -0.4 is 11.1 Å². The summed E-state index contributed by atoms with van der Waals surface area (Å²) in [6.07, 6.45) is 0. The zero-order valence-corrected chi connectivity index (χ0v) is 5.80. The van der Waals surface area contributed by atoms with Crippen LogP contribution in [0.4, 0.5) is 0 Å². The minimum absolute atomic E-state index is 0. The molecule has 0 unspecified atom stereocenters. The Bertz CT molecular complexity index is 32.9. The smallest absolute Gasteiger partial charge is 0.0555 e. The Morgan fingerprint density at radius 1 is 1.30 bits per heavy atom. The van der Waals surface area contributed by atoms with Crippen LogP contribution in [0.1, 0.15) is 7.43 Å². The Morgan fingerprint density at radius 3 is 1.70 bits per heavy atom. The minimum atomic E-state index is 0. The molecule has 4 nitrogen and oxygen atoms in total. The first kappa shape index (κ1) is 16.4. The molecule has 0 saturated carbocycles. The van der Waals surface area contributed by atoms with E-state index in [0.717, 1.165) is 0 Å². The van der Waals surface area contributed by atoms with E-state index >= 15 is 0 Å². The largest absolute Gasteiger partial charge is 0.395 e. The van der Waals surface area contributed by atoms with Gasteiger partial charge in [-0.2, -0.15) is 0 Å². The van der Waals surface area contributed by atoms with E-state index in [9.17, 15) is 0 Å². The predicted molar refractivity (Wildman–Crippen MR) is 43.9 cm³/mol. The van der Waals surface area contributed by atoms with Gasteiger partial charge in [0.1, 0.15) is 0 Å². The van der Waals surface area contributed by atoms with Crippen molar-refractivity contribution in [2.24, 2.45) is 5.73 Å². The van der Waals surface area contributed by atoms with Crippen LogP contribution in [-0.4, -0.2) is 43.6 Å². The Labute approximate surface area is 63.1 Å². The molecule has 0 heterocycles. The summed E-state index contributed by atoms with van der Waals surface area (Å²) in [7, 11) is 1.80. The highest BCUT2D eigenvalue weighted by molar-refractivity contribution is 4.27. The van der Waals surface area contributed by atoms with Crippen molar-refractivity contribution >= 4 is 0 Å². The SMILES string of the molecule is C.CNCCO.NCCO. The highest BCUT2D eigenvalue weighted by Gasteiger charge is 1.65. The molecule has 0 atom stereocenters. The fourth-order valence-electron chi connectivity index (χ4n) is 0.112. The van der Waals surface area contributed by atoms with Gasteiger partial charge in [-0.3, -0.25) is 0 Å². The number of hydrogen-bond donors (Lipinski definition) is 4. The highest BCUT2D eigenvalue weighted by atomic mass is 16.3. The normalized spacial score (nSPS) is 7.20. The molecule has 0 aromatic heterocycles. The number of aliphatic hydroxyl groups is 2. The maximum atomic E-state index is 8.00. The number of nitrogens with one attached hydrogen (secondary N) is 1. The quantitative estimate of drug-likeness (QED) is 0.408. The number of aliphatic hydroxyl groups excluding tert-OH is 2. The third kappa shape index (κ3) is 45.5. The number of rotatable bonds is 3. The maximum Gasteiger partial charge on any atom is 0.0555 e. The van der Waals surface area contributed by atoms with Crippen LogP contribution >= 0.6 is 0 Å². The molecule has 0 bridgehead atoms. The van der Waals surface area contributed by atoms with Crippen molar-refractivity contribution in [1.29, 1.82) is 0 Å². The van der Waals surface area contributed by atoms with Crippen molar-refractivity contribution in [3.05, 3.63) is 0 Å². The van der Waals surface area contributed by atoms with Crippen molar-refractivity contribution in [2.45, 2.75) is 7.43 Å². The molecule has 0 saturated heterocycles. The second-order valence-corrected chi connectivity index (χ2v) is 1.34. The summed E-state index contributed by atoms with van der Waals surface area (Å²) in [5, 5.41) is 18.5. The van der Waals surface area contributed by atoms with E-state index in [0.29, 0.717) is 13.1 Å². The van der Waals surface area contributed by atoms with E-state index in [1.165, 1.54) is 0 Å². The Hall–Kier alpha value is -0.160. The van der Waals surface area contributed by atoms with E-state index in [-0.39, 0.29) is 20.6 Å². The molecule has 0 aliphatic rings. The van der Waals surface area contributed by atoms with Crippen LogP contribution in [-0.2, 0) is 0 Å². The number of likely N-dealkylation sites (N-methyl/N-ethyl adjacent to an activating group) is 1. The first-order valence-electron chi connectivity index (χ1n) is 2.89. The molecule has 5 N–H and O–H groups in total. The van der Waals surface area contributed by atoms with Gasteiger partial charge in [-0.05, 0) is 7.05 Å². The van der Waals surface area contributed by atoms with Crippen molar-refractivity contribution in [1.82, 2.24) is 5.32 Å². The molecule has 66 valence electrons. The van der Waals surface area contributed by atoms with Crippen molar-refractivity contribution in [3.8, 4) is 0 Å². The van der Waals surface area contributed by atoms with Crippen LogP contribution in [0.25, 0.3) is 0 Å². The highest BCUT2D eigenvalue weighted by Crippen LogP contribution is 1.42. The molecule has 0 aliphatic carbocycles. The lowest BCUT2D eigenvalue weighted by Gasteiger charge is -1.84. The van der Waals surface area contributed by atoms with Crippen LogP contribution in [0, 0.1) is 0 Å². The van der Waals surface area contributed by atoms with E-state index < -0.39 is 0 Å². The summed E-state index contributed by atoms with van der Waals surface area (Å²) in [6, 6.07) is 0. The topological polar surface area (TPSA) is 78.5 Å². The van der Waals surface area contributed by atoms with Gasteiger partial charge in [0.05, 0.1) is 13.2 Å². The van der Waals surface area contributed by atoms with Gasteiger partial charge in [-0.15, -0.1) is 0 Å². The van der Waals surface area contributed by atoms with Crippen molar-refractivity contribution in [3.63, 3.8) is 0 Å². The van der Waals surface area contributed by atoms with Crippen LogP contribution in [0.5, 0.6) is 0 Å². The van der Waals surface area contributed by atoms with E-state index in [1.807, 2.05) is 0 Å². The van der Waals surface area contributed by atoms with Gasteiger partial charge in [0.15, 0.2) is 0 Å². The monoisotopic (exact) mass is 152 g/mol. The second kappa shape index (κ2) is 23.2. The Morgan fingerprint density at radius 2 is 1.70 bits per heavy atom. The molecule has 0 fully saturated rings. The minimum Gasteiger partial charge on any atom is -0.395 e. The summed E-state index contributed by atoms with van der Waals surface area (Å²) in [6.45, 7) is 1.40. The van der Waals surface area contributed by atoms with Crippen molar-refractivity contribution < 1.29 is 10.2 Å². The van der Waals surface area contributed by atoms with Gasteiger partial charge in [0.2, 0.25) is 0 Å². The fraction of sp³-hybridized carbons (Fsp3) is 1.00. The molecule has 0 aliphatic heterocycles. The summed E-state index contributed by atoms with van der Waals surface area (Å²) in [5.41, 5.74) is 4.78. The first-order chi connectivity index (χ1) is 4.33. The van der Waals surface area contributed by atoms with Gasteiger partial charge >= 0.3 is 0 Å². The molecule has 0 spiro atoms. The zero-order valence-electron chi connectivity index (χ0n) is 5.80. The third-order valence-electron chi connectivity index (χ3n) is 0.491. The van der Waals surface area contributed by atoms with Crippen molar-refractivity contribution in [2.75, 3.05) is 33.4 Å². The van der Waals surface area contributed by atoms with Crippen LogP contribution in [0.3, 0.4) is 0 Å². The fourth-order valence-corrected chi connectivity index (χ4v) is 0.112. The molecule has 0 aromatic rings. The first-order valence-corrected chi connectivity index (χ1v) is 2.89. The summed E-state index contributed by atoms with van der Waals surface area (Å²) < 4.78 is 0. The van der Waals surface area contributed by atoms with Gasteiger partial charge in [-0.25, -0.2) is 0 Å². The zero-order chi connectivity index (χ0) is 7.54. The standard InChI is InChI=1S/C3H9NO.C2H7NO.CH4/c1-4-2-3-5;3-1-2-4;/h4-5H,2-3H2,1H3;4H,1-3H2;1H4. The number of hydrogen-bond acceptors (Lipinski definition) is 4. The summed E-state index contributed by atoms with van der Waals surface area (Å²) >= 11 is 0. The summed E-state index contributed by atoms with van der Waals surface area (Å²) in [5.74, 6) is 0. The molecule has 4 heteroatoms. The third-order valence-corrected chi connectivity index (χ3v) is 0.491. The van der Waals surface area contributed by atoms with Gasteiger partial charge in [-0.1, -0.05) is 7.43 Å². The van der Waals surface area contributed by atoms with Gasteiger partial charge < -0.3 is 21.3 Å². The number of nitrogens with two attached hydrogens (primary N) is 1. The molecule has 0 amide bonds. The molecule has 0 aromatic carbocycles. The van der Waals surface area contributed by atoms with E-state index in [2.05, 4.69) is 5.32 Å². The molecular weight excluding hydrogens is 132 g/mol. The van der Waals surface area contributed by atoms with E-state index in [1.54, 1.807) is 7.05 Å². The average Bonchev–Trinajstić information content (AvgIpc) is 1.91. The van der Waals surface area contributed by atoms with E-state index in [4.69, 9.17) is 15.9 Å². The summed E-state index contributed by atoms with van der Waals surface area (Å²) in [4.78, 5) is 0. The van der Waals surface area contributed by atoms with Gasteiger partial charge in [0, 0.05) is 13.1 Å². The predicted octanol–water partition coefficient (Wildman–Crippen LogP) is -1.23. The maximum absolute atomic E-state index is 8.00. The molecule has 0 rings (SSSR count). The second-order valence-electron chi connectivity index (χ2n) is 1.34. The lowest BCUT2D eigenvalue weighted by Crippen LogP contribution is -2.10. The Balaban J connectivity index is -0.0000000910. The lowest BCUT2D eigenvalue weighted by atomic mass is 10.7. The molecule has 10 heavy (non-hydrogen) atoms. The van der Waals surface area contributed by atoms with Gasteiger partial charge in [0.25, 0.3) is 0 Å². The van der Waals surface area contributed by atoms with Crippen LogP contribution in [0.2, 0.25) is 0 Å².